The first-order valence-corrected chi connectivity index (χ1v) is 8.58. The molecule has 2 aliphatic rings. The van der Waals surface area contributed by atoms with Crippen molar-refractivity contribution in [1.82, 2.24) is 25.2 Å². The molecule has 1 spiro atoms. The van der Waals surface area contributed by atoms with Crippen LogP contribution in [0.1, 0.15) is 55.2 Å². The highest BCUT2D eigenvalue weighted by molar-refractivity contribution is 5.77. The molecule has 0 saturated carbocycles. The first-order chi connectivity index (χ1) is 12.0. The van der Waals surface area contributed by atoms with E-state index in [-0.39, 0.29) is 24.0 Å². The lowest BCUT2D eigenvalue weighted by Gasteiger charge is -2.38. The van der Waals surface area contributed by atoms with Crippen LogP contribution in [0.3, 0.4) is 0 Å². The van der Waals surface area contributed by atoms with Crippen molar-refractivity contribution >= 4 is 5.91 Å². The third kappa shape index (κ3) is 3.28. The molecule has 0 bridgehead atoms. The van der Waals surface area contributed by atoms with Gasteiger partial charge in [0.2, 0.25) is 11.8 Å². The normalized spacial score (nSPS) is 22.6. The maximum absolute atomic E-state index is 12.4. The predicted octanol–water partition coefficient (Wildman–Crippen LogP) is 1.52. The highest BCUT2D eigenvalue weighted by Gasteiger charge is 2.45. The van der Waals surface area contributed by atoms with Crippen molar-refractivity contribution < 1.29 is 18.6 Å². The molecule has 2 aromatic rings. The molecule has 25 heavy (non-hydrogen) atoms. The highest BCUT2D eigenvalue weighted by Crippen LogP contribution is 2.44. The second-order valence-corrected chi connectivity index (χ2v) is 6.80. The van der Waals surface area contributed by atoms with Gasteiger partial charge in [0.1, 0.15) is 12.5 Å². The van der Waals surface area contributed by atoms with Gasteiger partial charge in [0.25, 0.3) is 5.89 Å². The lowest BCUT2D eigenvalue weighted by atomic mass is 9.88. The number of carbonyl (C=O) groups is 1. The van der Waals surface area contributed by atoms with Crippen molar-refractivity contribution in [1.29, 1.82) is 0 Å². The van der Waals surface area contributed by atoms with Crippen molar-refractivity contribution in [2.45, 2.75) is 57.7 Å². The number of hydrogen-bond acceptors (Lipinski definition) is 8. The third-order valence-electron chi connectivity index (χ3n) is 4.97. The van der Waals surface area contributed by atoms with Crippen molar-refractivity contribution in [2.24, 2.45) is 0 Å². The van der Waals surface area contributed by atoms with E-state index in [0.717, 1.165) is 25.7 Å². The van der Waals surface area contributed by atoms with Crippen LogP contribution < -0.4 is 0 Å². The van der Waals surface area contributed by atoms with Gasteiger partial charge in [-0.25, -0.2) is 0 Å². The zero-order valence-electron chi connectivity index (χ0n) is 14.4. The maximum Gasteiger partial charge on any atom is 0.255 e. The number of aryl methyl sites for hydroxylation is 2. The maximum atomic E-state index is 12.4. The monoisotopic (exact) mass is 347 g/mol. The molecular weight excluding hydrogens is 326 g/mol. The number of amides is 1. The Balaban J connectivity index is 1.33. The number of piperidine rings is 1. The standard InChI is InChI=1S/C16H21N5O4/c1-10-17-13(24-19-10)9-14(22)21-7-5-16(6-8-21)4-3-12(23-16)15-18-11(2)20-25-15/h12H,3-9H2,1-2H3/t12-/m0/s1. The molecule has 9 heteroatoms. The van der Waals surface area contributed by atoms with E-state index >= 15 is 0 Å². The summed E-state index contributed by atoms with van der Waals surface area (Å²) in [6.07, 6.45) is 3.46. The Hall–Kier alpha value is -2.29. The molecule has 2 fully saturated rings. The minimum absolute atomic E-state index is 0.0144. The zero-order valence-corrected chi connectivity index (χ0v) is 14.4. The summed E-state index contributed by atoms with van der Waals surface area (Å²) in [6, 6.07) is 0. The van der Waals surface area contributed by atoms with Crippen molar-refractivity contribution in [3.05, 3.63) is 23.4 Å². The molecule has 134 valence electrons. The molecule has 0 N–H and O–H groups in total. The lowest BCUT2D eigenvalue weighted by Crippen LogP contribution is -2.46. The van der Waals surface area contributed by atoms with Gasteiger partial charge in [0, 0.05) is 13.1 Å². The SMILES string of the molecule is Cc1noc(CC(=O)N2CCC3(CC[C@@H](c4nc(C)no4)O3)CC2)n1. The molecule has 0 radical (unpaired) electrons. The minimum atomic E-state index is -0.190. The second-order valence-electron chi connectivity index (χ2n) is 6.80. The van der Waals surface area contributed by atoms with Crippen LogP contribution in [-0.2, 0) is 16.0 Å². The van der Waals surface area contributed by atoms with E-state index in [1.165, 1.54) is 0 Å². The van der Waals surface area contributed by atoms with Crippen molar-refractivity contribution in [2.75, 3.05) is 13.1 Å². The predicted molar refractivity (Wildman–Crippen MR) is 83.4 cm³/mol. The van der Waals surface area contributed by atoms with Crippen LogP contribution in [0.5, 0.6) is 0 Å². The average molecular weight is 347 g/mol. The van der Waals surface area contributed by atoms with Crippen molar-refractivity contribution in [3.63, 3.8) is 0 Å². The Labute approximate surface area is 144 Å². The molecule has 1 atom stereocenters. The topological polar surface area (TPSA) is 107 Å². The highest BCUT2D eigenvalue weighted by atomic mass is 16.5. The average Bonchev–Trinajstić information content (AvgIpc) is 3.30. The van der Waals surface area contributed by atoms with Gasteiger partial charge in [0.15, 0.2) is 11.6 Å². The van der Waals surface area contributed by atoms with Crippen LogP contribution in [0.2, 0.25) is 0 Å². The molecule has 2 aliphatic heterocycles. The van der Waals surface area contributed by atoms with Crippen LogP contribution in [-0.4, -0.2) is 49.8 Å². The van der Waals surface area contributed by atoms with Crippen LogP contribution in [0.15, 0.2) is 9.05 Å². The molecule has 4 rings (SSSR count). The molecule has 4 heterocycles. The van der Waals surface area contributed by atoms with E-state index < -0.39 is 0 Å². The number of rotatable bonds is 3. The molecule has 0 unspecified atom stereocenters. The van der Waals surface area contributed by atoms with E-state index in [2.05, 4.69) is 20.3 Å². The number of ether oxygens (including phenoxy) is 1. The first kappa shape index (κ1) is 16.2. The molecule has 2 saturated heterocycles. The fourth-order valence-corrected chi connectivity index (χ4v) is 3.62. The van der Waals surface area contributed by atoms with E-state index in [1.54, 1.807) is 13.8 Å². The summed E-state index contributed by atoms with van der Waals surface area (Å²) >= 11 is 0. The quantitative estimate of drug-likeness (QED) is 0.822. The molecule has 1 amide bonds. The van der Waals surface area contributed by atoms with Gasteiger partial charge in [-0.3, -0.25) is 4.79 Å². The first-order valence-electron chi connectivity index (χ1n) is 8.58. The van der Waals surface area contributed by atoms with Gasteiger partial charge >= 0.3 is 0 Å². The summed E-state index contributed by atoms with van der Waals surface area (Å²) in [6.45, 7) is 4.87. The summed E-state index contributed by atoms with van der Waals surface area (Å²) in [5.41, 5.74) is -0.190. The van der Waals surface area contributed by atoms with Gasteiger partial charge in [-0.1, -0.05) is 10.3 Å². The van der Waals surface area contributed by atoms with E-state index in [9.17, 15) is 4.79 Å². The fourth-order valence-electron chi connectivity index (χ4n) is 3.62. The summed E-state index contributed by atoms with van der Waals surface area (Å²) in [7, 11) is 0. The summed E-state index contributed by atoms with van der Waals surface area (Å²) < 4.78 is 16.5. The molecular formula is C16H21N5O4. The Morgan fingerprint density at radius 1 is 1.12 bits per heavy atom. The van der Waals surface area contributed by atoms with Gasteiger partial charge in [-0.05, 0) is 39.5 Å². The minimum Gasteiger partial charge on any atom is -0.362 e. The smallest absolute Gasteiger partial charge is 0.255 e. The Bertz CT molecular complexity index is 762. The van der Waals surface area contributed by atoms with E-state index in [4.69, 9.17) is 13.8 Å². The lowest BCUT2D eigenvalue weighted by molar-refractivity contribution is -0.138. The Morgan fingerprint density at radius 2 is 1.84 bits per heavy atom. The zero-order chi connectivity index (χ0) is 17.4. The number of aromatic nitrogens is 4. The molecule has 2 aromatic heterocycles. The molecule has 0 aliphatic carbocycles. The summed E-state index contributed by atoms with van der Waals surface area (Å²) in [5, 5.41) is 7.55. The van der Waals surface area contributed by atoms with Gasteiger partial charge < -0.3 is 18.7 Å². The van der Waals surface area contributed by atoms with Gasteiger partial charge in [-0.15, -0.1) is 0 Å². The van der Waals surface area contributed by atoms with Crippen LogP contribution in [0, 0.1) is 13.8 Å². The number of hydrogen-bond donors (Lipinski definition) is 0. The second kappa shape index (κ2) is 6.21. The van der Waals surface area contributed by atoms with Crippen molar-refractivity contribution in [3.8, 4) is 0 Å². The number of likely N-dealkylation sites (tertiary alicyclic amines) is 1. The van der Waals surface area contributed by atoms with Gasteiger partial charge in [0.05, 0.1) is 5.60 Å². The van der Waals surface area contributed by atoms with Gasteiger partial charge in [-0.2, -0.15) is 9.97 Å². The van der Waals surface area contributed by atoms with E-state index in [1.807, 2.05) is 4.90 Å². The largest absolute Gasteiger partial charge is 0.362 e. The summed E-state index contributed by atoms with van der Waals surface area (Å²) in [5.74, 6) is 2.10. The van der Waals surface area contributed by atoms with Crippen LogP contribution in [0.25, 0.3) is 0 Å². The number of nitrogens with zero attached hydrogens (tertiary/aromatic N) is 5. The number of carbonyl (C=O) groups excluding carboxylic acids is 1. The fraction of sp³-hybridized carbons (Fsp3) is 0.688. The molecule has 9 nitrogen and oxygen atoms in total. The Kier molecular flexibility index (Phi) is 4.03. The van der Waals surface area contributed by atoms with Crippen LogP contribution in [0.4, 0.5) is 0 Å². The Morgan fingerprint density at radius 3 is 2.48 bits per heavy atom. The van der Waals surface area contributed by atoms with E-state index in [0.29, 0.717) is 36.5 Å². The molecule has 0 aromatic carbocycles. The summed E-state index contributed by atoms with van der Waals surface area (Å²) in [4.78, 5) is 22.6. The third-order valence-corrected chi connectivity index (χ3v) is 4.97. The van der Waals surface area contributed by atoms with Crippen LogP contribution >= 0.6 is 0 Å².